The summed E-state index contributed by atoms with van der Waals surface area (Å²) in [4.78, 5) is 0. The van der Waals surface area contributed by atoms with Crippen molar-refractivity contribution in [1.29, 1.82) is 0 Å². The second-order valence-corrected chi connectivity index (χ2v) is 5.49. The molecular weight excluding hydrogens is 236 g/mol. The van der Waals surface area contributed by atoms with Crippen molar-refractivity contribution >= 4 is 17.6 Å². The van der Waals surface area contributed by atoms with E-state index in [1.54, 1.807) is 16.4 Å². The Bertz CT molecular complexity index is 412. The number of aryl methyl sites for hydroxylation is 2. The van der Waals surface area contributed by atoms with Crippen molar-refractivity contribution in [3.05, 3.63) is 11.3 Å². The van der Waals surface area contributed by atoms with Crippen molar-refractivity contribution in [2.24, 2.45) is 23.9 Å². The van der Waals surface area contributed by atoms with Crippen molar-refractivity contribution in [3.8, 4) is 0 Å². The molecule has 6 heteroatoms. The van der Waals surface area contributed by atoms with Crippen molar-refractivity contribution in [3.63, 3.8) is 0 Å². The average Bonchev–Trinajstić information content (AvgIpc) is 2.52. The van der Waals surface area contributed by atoms with Gasteiger partial charge in [0, 0.05) is 7.05 Å². The van der Waals surface area contributed by atoms with E-state index in [0.29, 0.717) is 5.92 Å². The number of nitrogens with zero attached hydrogens (tertiary/aromatic N) is 3. The minimum absolute atomic E-state index is 0.127. The third-order valence-corrected chi connectivity index (χ3v) is 3.65. The van der Waals surface area contributed by atoms with Gasteiger partial charge in [-0.2, -0.15) is 5.10 Å². The smallest absolute Gasteiger partial charge is 0.174 e. The fraction of sp³-hybridized carbons (Fsp3) is 0.636. The lowest BCUT2D eigenvalue weighted by atomic mass is 10.2. The van der Waals surface area contributed by atoms with Crippen LogP contribution >= 0.6 is 11.8 Å². The molecule has 3 N–H and O–H groups in total. The fourth-order valence-electron chi connectivity index (χ4n) is 1.54. The maximum atomic E-state index is 8.78. The topological polar surface area (TPSA) is 76.4 Å². The fourth-order valence-corrected chi connectivity index (χ4v) is 2.95. The van der Waals surface area contributed by atoms with Gasteiger partial charge in [0.2, 0.25) is 0 Å². The van der Waals surface area contributed by atoms with Gasteiger partial charge in [-0.15, -0.1) is 11.8 Å². The third kappa shape index (κ3) is 3.39. The van der Waals surface area contributed by atoms with Gasteiger partial charge in [0.05, 0.1) is 11.3 Å². The van der Waals surface area contributed by atoms with Gasteiger partial charge in [-0.1, -0.05) is 19.0 Å². The maximum Gasteiger partial charge on any atom is 0.174 e. The molecule has 0 unspecified atom stereocenters. The predicted molar refractivity (Wildman–Crippen MR) is 70.6 cm³/mol. The molecule has 0 fully saturated rings. The number of hydrogen-bond acceptors (Lipinski definition) is 4. The molecule has 0 bridgehead atoms. The highest BCUT2D eigenvalue weighted by atomic mass is 32.2. The Morgan fingerprint density at radius 2 is 2.24 bits per heavy atom. The second kappa shape index (κ2) is 5.95. The highest BCUT2D eigenvalue weighted by Gasteiger charge is 2.17. The normalized spacial score (nSPS) is 12.4. The summed E-state index contributed by atoms with van der Waals surface area (Å²) in [5.74, 6) is 1.80. The molecule has 1 rings (SSSR count). The van der Waals surface area contributed by atoms with Crippen LogP contribution in [0.3, 0.4) is 0 Å². The number of thioether (sulfide) groups is 1. The first-order valence-electron chi connectivity index (χ1n) is 5.61. The van der Waals surface area contributed by atoms with Crippen LogP contribution in [-0.4, -0.2) is 26.6 Å². The Labute approximate surface area is 106 Å². The molecule has 0 aliphatic rings. The van der Waals surface area contributed by atoms with E-state index in [4.69, 9.17) is 10.9 Å². The third-order valence-electron chi connectivity index (χ3n) is 2.47. The zero-order valence-corrected chi connectivity index (χ0v) is 11.6. The molecule has 17 heavy (non-hydrogen) atoms. The lowest BCUT2D eigenvalue weighted by Crippen LogP contribution is -2.15. The molecule has 5 nitrogen and oxygen atoms in total. The van der Waals surface area contributed by atoms with Crippen molar-refractivity contribution in [1.82, 2.24) is 9.78 Å². The largest absolute Gasteiger partial charge is 0.409 e. The molecule has 0 aliphatic carbocycles. The van der Waals surface area contributed by atoms with Crippen LogP contribution in [0.25, 0.3) is 0 Å². The van der Waals surface area contributed by atoms with Gasteiger partial charge in [-0.3, -0.25) is 4.68 Å². The number of rotatable bonds is 5. The summed E-state index contributed by atoms with van der Waals surface area (Å²) in [5, 5.41) is 17.1. The molecule has 96 valence electrons. The zero-order valence-electron chi connectivity index (χ0n) is 10.8. The van der Waals surface area contributed by atoms with Crippen molar-refractivity contribution in [2.75, 3.05) is 5.75 Å². The van der Waals surface area contributed by atoms with Crippen LogP contribution < -0.4 is 5.73 Å². The molecule has 0 spiro atoms. The molecule has 1 heterocycles. The van der Waals surface area contributed by atoms with Gasteiger partial charge in [-0.25, -0.2) is 0 Å². The Morgan fingerprint density at radius 3 is 2.76 bits per heavy atom. The van der Waals surface area contributed by atoms with Gasteiger partial charge < -0.3 is 10.9 Å². The minimum atomic E-state index is 0.127. The van der Waals surface area contributed by atoms with E-state index in [1.165, 1.54) is 0 Å². The first kappa shape index (κ1) is 13.9. The van der Waals surface area contributed by atoms with Crippen molar-refractivity contribution < 1.29 is 5.21 Å². The molecular formula is C11H20N4OS. The van der Waals surface area contributed by atoms with Crippen LogP contribution in [-0.2, 0) is 7.05 Å². The first-order valence-corrected chi connectivity index (χ1v) is 6.60. The Balaban J connectivity index is 2.90. The van der Waals surface area contributed by atoms with Crippen LogP contribution in [0.2, 0.25) is 0 Å². The summed E-state index contributed by atoms with van der Waals surface area (Å²) in [7, 11) is 1.87. The minimum Gasteiger partial charge on any atom is -0.409 e. The summed E-state index contributed by atoms with van der Waals surface area (Å²) in [6.07, 6.45) is 1.13. The molecule has 0 aromatic carbocycles. The number of aromatic nitrogens is 2. The monoisotopic (exact) mass is 256 g/mol. The van der Waals surface area contributed by atoms with Crippen LogP contribution in [0.15, 0.2) is 10.2 Å². The number of nitrogens with two attached hydrogens (primary N) is 1. The van der Waals surface area contributed by atoms with E-state index in [2.05, 4.69) is 24.1 Å². The lowest BCUT2D eigenvalue weighted by molar-refractivity contribution is 0.318. The molecule has 0 radical (unpaired) electrons. The molecule has 0 saturated carbocycles. The summed E-state index contributed by atoms with van der Waals surface area (Å²) in [6, 6.07) is 0. The molecule has 1 aromatic rings. The quantitative estimate of drug-likeness (QED) is 0.277. The molecule has 0 saturated heterocycles. The van der Waals surface area contributed by atoms with E-state index in [1.807, 2.05) is 14.0 Å². The first-order chi connectivity index (χ1) is 7.97. The van der Waals surface area contributed by atoms with Gasteiger partial charge >= 0.3 is 0 Å². The Kier molecular flexibility index (Phi) is 4.86. The van der Waals surface area contributed by atoms with Crippen molar-refractivity contribution in [2.45, 2.75) is 32.2 Å². The van der Waals surface area contributed by atoms with Crippen LogP contribution in [0, 0.1) is 12.8 Å². The summed E-state index contributed by atoms with van der Waals surface area (Å²) < 4.78 is 1.79. The molecule has 0 aliphatic heterocycles. The number of amidine groups is 1. The molecule has 1 aromatic heterocycles. The zero-order chi connectivity index (χ0) is 13.0. The number of oxime groups is 1. The number of hydrogen-bond donors (Lipinski definition) is 2. The summed E-state index contributed by atoms with van der Waals surface area (Å²) in [6.45, 7) is 6.25. The van der Waals surface area contributed by atoms with E-state index >= 15 is 0 Å². The SMILES string of the molecule is Cc1nn(C)c(SCCC(C)C)c1C(N)=NO. The van der Waals surface area contributed by atoms with Crippen LogP contribution in [0.1, 0.15) is 31.5 Å². The van der Waals surface area contributed by atoms with Gasteiger partial charge in [0.1, 0.15) is 5.03 Å². The van der Waals surface area contributed by atoms with Gasteiger partial charge in [-0.05, 0) is 25.0 Å². The lowest BCUT2D eigenvalue weighted by Gasteiger charge is -2.06. The Hall–Kier alpha value is -1.17. The van der Waals surface area contributed by atoms with Gasteiger partial charge in [0.25, 0.3) is 0 Å². The summed E-state index contributed by atoms with van der Waals surface area (Å²) in [5.41, 5.74) is 7.20. The Morgan fingerprint density at radius 1 is 1.59 bits per heavy atom. The predicted octanol–water partition coefficient (Wildman–Crippen LogP) is 1.96. The highest BCUT2D eigenvalue weighted by Crippen LogP contribution is 2.26. The van der Waals surface area contributed by atoms with E-state index in [0.717, 1.165) is 28.5 Å². The second-order valence-electron chi connectivity index (χ2n) is 4.41. The van der Waals surface area contributed by atoms with E-state index < -0.39 is 0 Å². The van der Waals surface area contributed by atoms with Crippen LogP contribution in [0.5, 0.6) is 0 Å². The molecule has 0 amide bonds. The van der Waals surface area contributed by atoms with E-state index in [9.17, 15) is 0 Å². The van der Waals surface area contributed by atoms with Crippen LogP contribution in [0.4, 0.5) is 0 Å². The summed E-state index contributed by atoms with van der Waals surface area (Å²) >= 11 is 1.70. The van der Waals surface area contributed by atoms with E-state index in [-0.39, 0.29) is 5.84 Å². The maximum absolute atomic E-state index is 8.78. The standard InChI is InChI=1S/C11H20N4OS/c1-7(2)5-6-17-11-9(10(12)14-16)8(3)13-15(11)4/h7,16H,5-6H2,1-4H3,(H2,12,14). The van der Waals surface area contributed by atoms with Gasteiger partial charge in [0.15, 0.2) is 5.84 Å². The molecule has 0 atom stereocenters. The highest BCUT2D eigenvalue weighted by molar-refractivity contribution is 7.99. The average molecular weight is 256 g/mol.